The maximum atomic E-state index is 13.9. The molecule has 3 N–H and O–H groups in total. The minimum absolute atomic E-state index is 0.187. The van der Waals surface area contributed by atoms with E-state index >= 15 is 0 Å². The van der Waals surface area contributed by atoms with Crippen molar-refractivity contribution in [3.8, 4) is 5.69 Å². The van der Waals surface area contributed by atoms with Gasteiger partial charge in [-0.05, 0) is 30.3 Å². The summed E-state index contributed by atoms with van der Waals surface area (Å²) >= 11 is 0. The van der Waals surface area contributed by atoms with Crippen LogP contribution in [0.15, 0.2) is 47.3 Å². The Labute approximate surface area is 101 Å². The predicted octanol–water partition coefficient (Wildman–Crippen LogP) is 2.04. The molecule has 0 atom stereocenters. The summed E-state index contributed by atoms with van der Waals surface area (Å²) in [6, 6.07) is 11.4. The third kappa shape index (κ3) is 1.48. The number of nitrogen functional groups attached to an aromatic ring is 1. The fraction of sp³-hybridized carbons (Fsp3) is 0. The van der Waals surface area contributed by atoms with Gasteiger partial charge in [0, 0.05) is 5.69 Å². The van der Waals surface area contributed by atoms with Crippen LogP contribution in [-0.2, 0) is 0 Å². The number of halogens is 1. The Balaban J connectivity index is 2.38. The molecule has 0 unspecified atom stereocenters. The SMILES string of the molecule is Nc1ccc(-n2c(=O)[nH]c3ccccc32)c(F)c1. The molecule has 0 spiro atoms. The smallest absolute Gasteiger partial charge is 0.331 e. The van der Waals surface area contributed by atoms with Crippen LogP contribution in [0.3, 0.4) is 0 Å². The number of para-hydroxylation sites is 2. The maximum absolute atomic E-state index is 13.9. The molecule has 0 saturated heterocycles. The Kier molecular flexibility index (Phi) is 2.19. The zero-order valence-corrected chi connectivity index (χ0v) is 9.35. The van der Waals surface area contributed by atoms with Crippen molar-refractivity contribution in [2.75, 3.05) is 5.73 Å². The lowest BCUT2D eigenvalue weighted by molar-refractivity contribution is 0.618. The summed E-state index contributed by atoms with van der Waals surface area (Å²) in [7, 11) is 0. The van der Waals surface area contributed by atoms with Crippen LogP contribution in [0, 0.1) is 5.82 Å². The lowest BCUT2D eigenvalue weighted by Gasteiger charge is -2.05. The van der Waals surface area contributed by atoms with Gasteiger partial charge in [-0.25, -0.2) is 9.18 Å². The van der Waals surface area contributed by atoms with Crippen molar-refractivity contribution >= 4 is 16.7 Å². The Morgan fingerprint density at radius 1 is 1.17 bits per heavy atom. The summed E-state index contributed by atoms with van der Waals surface area (Å²) in [5, 5.41) is 0. The first-order valence-corrected chi connectivity index (χ1v) is 5.42. The van der Waals surface area contributed by atoms with Crippen molar-refractivity contribution in [2.45, 2.75) is 0 Å². The normalized spacial score (nSPS) is 10.9. The second-order valence-corrected chi connectivity index (χ2v) is 3.99. The predicted molar refractivity (Wildman–Crippen MR) is 68.3 cm³/mol. The zero-order chi connectivity index (χ0) is 12.7. The number of imidazole rings is 1. The van der Waals surface area contributed by atoms with Crippen LogP contribution in [0.4, 0.5) is 10.1 Å². The molecular formula is C13H10FN3O. The topological polar surface area (TPSA) is 63.8 Å². The molecule has 1 heterocycles. The van der Waals surface area contributed by atoms with Crippen molar-refractivity contribution in [3.05, 3.63) is 58.8 Å². The molecule has 90 valence electrons. The largest absolute Gasteiger partial charge is 0.399 e. The van der Waals surface area contributed by atoms with Gasteiger partial charge in [0.15, 0.2) is 0 Å². The second kappa shape index (κ2) is 3.73. The molecule has 2 aromatic carbocycles. The summed E-state index contributed by atoms with van der Waals surface area (Å²) < 4.78 is 15.2. The number of benzene rings is 2. The third-order valence-electron chi connectivity index (χ3n) is 2.80. The van der Waals surface area contributed by atoms with E-state index in [1.807, 2.05) is 6.07 Å². The number of aromatic amines is 1. The molecule has 0 radical (unpaired) electrons. The van der Waals surface area contributed by atoms with Gasteiger partial charge in [-0.3, -0.25) is 4.57 Å². The van der Waals surface area contributed by atoms with E-state index in [1.54, 1.807) is 24.3 Å². The molecule has 18 heavy (non-hydrogen) atoms. The number of rotatable bonds is 1. The Morgan fingerprint density at radius 3 is 2.72 bits per heavy atom. The molecule has 1 aromatic heterocycles. The molecule has 0 fully saturated rings. The molecule has 5 heteroatoms. The molecule has 0 bridgehead atoms. The summed E-state index contributed by atoms with van der Waals surface area (Å²) in [5.74, 6) is -0.526. The molecule has 0 aliphatic rings. The number of hydrogen-bond acceptors (Lipinski definition) is 2. The van der Waals surface area contributed by atoms with Crippen LogP contribution in [-0.4, -0.2) is 9.55 Å². The highest BCUT2D eigenvalue weighted by Crippen LogP contribution is 2.19. The number of aromatic nitrogens is 2. The number of hydrogen-bond donors (Lipinski definition) is 2. The van der Waals surface area contributed by atoms with Gasteiger partial charge in [-0.15, -0.1) is 0 Å². The maximum Gasteiger partial charge on any atom is 0.331 e. The first kappa shape index (κ1) is 10.6. The molecule has 0 aliphatic heterocycles. The highest BCUT2D eigenvalue weighted by molar-refractivity contribution is 5.77. The highest BCUT2D eigenvalue weighted by atomic mass is 19.1. The lowest BCUT2D eigenvalue weighted by atomic mass is 10.2. The van der Waals surface area contributed by atoms with E-state index in [4.69, 9.17) is 5.73 Å². The summed E-state index contributed by atoms with van der Waals surface area (Å²) in [4.78, 5) is 14.6. The number of anilines is 1. The van der Waals surface area contributed by atoms with Crippen molar-refractivity contribution in [1.29, 1.82) is 0 Å². The van der Waals surface area contributed by atoms with Crippen molar-refractivity contribution in [1.82, 2.24) is 9.55 Å². The van der Waals surface area contributed by atoms with Gasteiger partial charge < -0.3 is 10.7 Å². The van der Waals surface area contributed by atoms with Gasteiger partial charge >= 0.3 is 5.69 Å². The second-order valence-electron chi connectivity index (χ2n) is 3.99. The van der Waals surface area contributed by atoms with E-state index in [0.29, 0.717) is 16.7 Å². The van der Waals surface area contributed by atoms with Crippen molar-refractivity contribution in [2.24, 2.45) is 0 Å². The zero-order valence-electron chi connectivity index (χ0n) is 9.35. The minimum Gasteiger partial charge on any atom is -0.399 e. The van der Waals surface area contributed by atoms with E-state index in [0.717, 1.165) is 0 Å². The number of H-pyrrole nitrogens is 1. The van der Waals surface area contributed by atoms with Crippen LogP contribution in [0.2, 0.25) is 0 Å². The number of nitrogens with two attached hydrogens (primary N) is 1. The fourth-order valence-electron chi connectivity index (χ4n) is 2.00. The van der Waals surface area contributed by atoms with E-state index in [-0.39, 0.29) is 11.4 Å². The fourth-order valence-corrected chi connectivity index (χ4v) is 2.00. The lowest BCUT2D eigenvalue weighted by Crippen LogP contribution is -2.15. The van der Waals surface area contributed by atoms with E-state index in [9.17, 15) is 9.18 Å². The number of nitrogens with zero attached hydrogens (tertiary/aromatic N) is 1. The third-order valence-corrected chi connectivity index (χ3v) is 2.80. The minimum atomic E-state index is -0.526. The first-order chi connectivity index (χ1) is 8.66. The molecule has 0 amide bonds. The van der Waals surface area contributed by atoms with Gasteiger partial charge in [-0.1, -0.05) is 12.1 Å². The van der Waals surface area contributed by atoms with E-state index < -0.39 is 5.82 Å². The van der Waals surface area contributed by atoms with Gasteiger partial charge in [0.1, 0.15) is 5.82 Å². The van der Waals surface area contributed by atoms with Gasteiger partial charge in [0.05, 0.1) is 16.7 Å². The molecule has 0 aliphatic carbocycles. The molecule has 3 aromatic rings. The molecule has 4 nitrogen and oxygen atoms in total. The molecular weight excluding hydrogens is 233 g/mol. The average Bonchev–Trinajstić information content (AvgIpc) is 2.66. The van der Waals surface area contributed by atoms with Crippen molar-refractivity contribution in [3.63, 3.8) is 0 Å². The van der Waals surface area contributed by atoms with Gasteiger partial charge in [0.25, 0.3) is 0 Å². The summed E-state index contributed by atoms with van der Waals surface area (Å²) in [6.07, 6.45) is 0. The quantitative estimate of drug-likeness (QED) is 0.642. The number of nitrogens with one attached hydrogen (secondary N) is 1. The van der Waals surface area contributed by atoms with E-state index in [2.05, 4.69) is 4.98 Å². The Morgan fingerprint density at radius 2 is 1.94 bits per heavy atom. The first-order valence-electron chi connectivity index (χ1n) is 5.42. The summed E-state index contributed by atoms with van der Waals surface area (Å²) in [6.45, 7) is 0. The van der Waals surface area contributed by atoms with Gasteiger partial charge in [0.2, 0.25) is 0 Å². The molecule has 3 rings (SSSR count). The number of fused-ring (bicyclic) bond motifs is 1. The highest BCUT2D eigenvalue weighted by Gasteiger charge is 2.11. The van der Waals surface area contributed by atoms with Crippen molar-refractivity contribution < 1.29 is 4.39 Å². The van der Waals surface area contributed by atoms with E-state index in [1.165, 1.54) is 16.7 Å². The van der Waals surface area contributed by atoms with Crippen LogP contribution in [0.1, 0.15) is 0 Å². The van der Waals surface area contributed by atoms with Crippen LogP contribution < -0.4 is 11.4 Å². The average molecular weight is 243 g/mol. The monoisotopic (exact) mass is 243 g/mol. The van der Waals surface area contributed by atoms with Crippen LogP contribution in [0.5, 0.6) is 0 Å². The Bertz CT molecular complexity index is 788. The Hall–Kier alpha value is -2.56. The summed E-state index contributed by atoms with van der Waals surface area (Å²) in [5.41, 5.74) is 6.93. The van der Waals surface area contributed by atoms with Gasteiger partial charge in [-0.2, -0.15) is 0 Å². The molecule has 0 saturated carbocycles. The van der Waals surface area contributed by atoms with Crippen LogP contribution in [0.25, 0.3) is 16.7 Å². The standard InChI is InChI=1S/C13H10FN3O/c14-9-7-8(15)5-6-11(9)17-12-4-2-1-3-10(12)16-13(17)18/h1-7H,15H2,(H,16,18). The van der Waals surface area contributed by atoms with Crippen LogP contribution >= 0.6 is 0 Å².